The van der Waals surface area contributed by atoms with E-state index in [4.69, 9.17) is 9.47 Å². The molecule has 0 unspecified atom stereocenters. The molecule has 0 heterocycles. The summed E-state index contributed by atoms with van der Waals surface area (Å²) in [4.78, 5) is 12.9. The fourth-order valence-electron chi connectivity index (χ4n) is 3.25. The van der Waals surface area contributed by atoms with Crippen molar-refractivity contribution >= 4 is 17.5 Å². The summed E-state index contributed by atoms with van der Waals surface area (Å²) < 4.78 is 12.8. The largest absolute Gasteiger partial charge is 0.487 e. The molecule has 0 bridgehead atoms. The molecule has 178 valence electrons. The van der Waals surface area contributed by atoms with Gasteiger partial charge in [0.1, 0.15) is 22.7 Å². The van der Waals surface area contributed by atoms with Crippen LogP contribution in [0.4, 0.5) is 5.69 Å². The zero-order valence-electron chi connectivity index (χ0n) is 21.6. The SMILES string of the molecule is C=CC(C)(C)c1ccc(OC(C)(C)C)c(/C=C/C(=O)c2ccc(NC)cc2)c1OC(C)(C)C. The number of nitrogens with one attached hydrogen (secondary N) is 1. The van der Waals surface area contributed by atoms with Crippen LogP contribution in [-0.4, -0.2) is 24.0 Å². The van der Waals surface area contributed by atoms with E-state index >= 15 is 0 Å². The van der Waals surface area contributed by atoms with Crippen LogP contribution < -0.4 is 14.8 Å². The quantitative estimate of drug-likeness (QED) is 0.258. The van der Waals surface area contributed by atoms with Crippen molar-refractivity contribution in [2.45, 2.75) is 72.0 Å². The van der Waals surface area contributed by atoms with Gasteiger partial charge in [-0.25, -0.2) is 0 Å². The predicted molar refractivity (Wildman–Crippen MR) is 140 cm³/mol. The lowest BCUT2D eigenvalue weighted by Gasteiger charge is -2.32. The zero-order chi connectivity index (χ0) is 25.0. The van der Waals surface area contributed by atoms with Gasteiger partial charge in [-0.15, -0.1) is 6.58 Å². The third-order valence-corrected chi connectivity index (χ3v) is 5.04. The first-order chi connectivity index (χ1) is 15.2. The number of hydrogen-bond donors (Lipinski definition) is 1. The second-order valence-corrected chi connectivity index (χ2v) is 10.7. The van der Waals surface area contributed by atoms with Gasteiger partial charge in [0.05, 0.1) is 5.56 Å². The van der Waals surface area contributed by atoms with E-state index in [0.29, 0.717) is 17.1 Å². The van der Waals surface area contributed by atoms with Crippen LogP contribution in [0.1, 0.15) is 76.9 Å². The third-order valence-electron chi connectivity index (χ3n) is 5.04. The molecule has 0 spiro atoms. The number of anilines is 1. The monoisotopic (exact) mass is 449 g/mol. The summed E-state index contributed by atoms with van der Waals surface area (Å²) in [5.74, 6) is 1.28. The van der Waals surface area contributed by atoms with Crippen LogP contribution in [0.15, 0.2) is 55.1 Å². The highest BCUT2D eigenvalue weighted by Crippen LogP contribution is 2.42. The molecule has 0 aromatic heterocycles. The number of ketones is 1. The molecule has 0 aliphatic heterocycles. The second-order valence-electron chi connectivity index (χ2n) is 10.7. The Hall–Kier alpha value is -3.01. The molecule has 0 radical (unpaired) electrons. The van der Waals surface area contributed by atoms with E-state index < -0.39 is 11.2 Å². The molecule has 2 rings (SSSR count). The van der Waals surface area contributed by atoms with E-state index in [1.54, 1.807) is 12.2 Å². The smallest absolute Gasteiger partial charge is 0.185 e. The summed E-state index contributed by atoms with van der Waals surface area (Å²) in [6.45, 7) is 20.2. The number of carbonyl (C=O) groups is 1. The molecule has 0 saturated heterocycles. The summed E-state index contributed by atoms with van der Waals surface area (Å²) in [5, 5.41) is 3.06. The number of ether oxygens (including phenoxy) is 2. The lowest BCUT2D eigenvalue weighted by Crippen LogP contribution is -2.27. The first-order valence-electron chi connectivity index (χ1n) is 11.4. The second kappa shape index (κ2) is 9.86. The molecule has 0 atom stereocenters. The summed E-state index contributed by atoms with van der Waals surface area (Å²) in [6, 6.07) is 11.4. The molecule has 2 aromatic rings. The highest BCUT2D eigenvalue weighted by molar-refractivity contribution is 6.07. The average Bonchev–Trinajstić information content (AvgIpc) is 2.70. The maximum atomic E-state index is 12.9. The van der Waals surface area contributed by atoms with Crippen molar-refractivity contribution in [1.29, 1.82) is 0 Å². The van der Waals surface area contributed by atoms with Gasteiger partial charge in [0, 0.05) is 29.3 Å². The number of rotatable bonds is 8. The normalized spacial score (nSPS) is 12.5. The summed E-state index contributed by atoms with van der Waals surface area (Å²) in [6.07, 6.45) is 5.29. The minimum absolute atomic E-state index is 0.0885. The Labute approximate surface area is 199 Å². The highest BCUT2D eigenvalue weighted by Gasteiger charge is 2.28. The standard InChI is InChI=1S/C29H39NO3/c1-11-29(8,9)23-17-19-25(32-27(2,3)4)22(26(23)33-28(5,6)7)16-18-24(31)20-12-14-21(30-10)15-13-20/h11-19,30H,1H2,2-10H3/b18-16+. The van der Waals surface area contributed by atoms with Crippen molar-refractivity contribution in [3.8, 4) is 11.5 Å². The first kappa shape index (κ1) is 26.2. The van der Waals surface area contributed by atoms with E-state index in [1.807, 2.05) is 91.1 Å². The molecule has 4 heteroatoms. The van der Waals surface area contributed by atoms with Gasteiger partial charge < -0.3 is 14.8 Å². The molecule has 0 saturated carbocycles. The minimum atomic E-state index is -0.443. The Kier molecular flexibility index (Phi) is 7.84. The zero-order valence-corrected chi connectivity index (χ0v) is 21.6. The molecular formula is C29H39NO3. The van der Waals surface area contributed by atoms with Crippen molar-refractivity contribution in [1.82, 2.24) is 0 Å². The minimum Gasteiger partial charge on any atom is -0.487 e. The summed E-state index contributed by atoms with van der Waals surface area (Å²) in [5.41, 5.74) is 2.11. The van der Waals surface area contributed by atoms with E-state index in [9.17, 15) is 4.79 Å². The molecule has 0 aliphatic rings. The molecule has 2 aromatic carbocycles. The van der Waals surface area contributed by atoms with Crippen molar-refractivity contribution in [3.05, 3.63) is 71.8 Å². The first-order valence-corrected chi connectivity index (χ1v) is 11.4. The Morgan fingerprint density at radius 2 is 1.45 bits per heavy atom. The summed E-state index contributed by atoms with van der Waals surface area (Å²) >= 11 is 0. The number of carbonyl (C=O) groups excluding carboxylic acids is 1. The van der Waals surface area contributed by atoms with E-state index in [2.05, 4.69) is 25.7 Å². The Morgan fingerprint density at radius 1 is 0.879 bits per heavy atom. The van der Waals surface area contributed by atoms with Crippen LogP contribution in [0.2, 0.25) is 0 Å². The number of hydrogen-bond acceptors (Lipinski definition) is 4. The van der Waals surface area contributed by atoms with Gasteiger partial charge in [0.15, 0.2) is 5.78 Å². The van der Waals surface area contributed by atoms with Crippen LogP contribution in [0.3, 0.4) is 0 Å². The Balaban J connectivity index is 2.67. The fraction of sp³-hybridized carbons (Fsp3) is 0.414. The topological polar surface area (TPSA) is 47.6 Å². The van der Waals surface area contributed by atoms with Gasteiger partial charge in [-0.05, 0) is 84.0 Å². The average molecular weight is 450 g/mol. The van der Waals surface area contributed by atoms with E-state index in [1.165, 1.54) is 0 Å². The Bertz CT molecular complexity index is 1020. The molecule has 0 fully saturated rings. The molecule has 1 N–H and O–H groups in total. The maximum Gasteiger partial charge on any atom is 0.185 e. The maximum absolute atomic E-state index is 12.9. The van der Waals surface area contributed by atoms with Gasteiger partial charge in [-0.2, -0.15) is 0 Å². The molecule has 0 amide bonds. The van der Waals surface area contributed by atoms with Crippen LogP contribution in [-0.2, 0) is 5.41 Å². The fourth-order valence-corrected chi connectivity index (χ4v) is 3.25. The molecule has 0 aliphatic carbocycles. The highest BCUT2D eigenvalue weighted by atomic mass is 16.5. The lowest BCUT2D eigenvalue weighted by atomic mass is 9.82. The van der Waals surface area contributed by atoms with E-state index in [0.717, 1.165) is 16.8 Å². The Morgan fingerprint density at radius 3 is 1.94 bits per heavy atom. The van der Waals surface area contributed by atoms with Gasteiger partial charge in [-0.1, -0.05) is 26.0 Å². The lowest BCUT2D eigenvalue weighted by molar-refractivity contribution is 0.104. The van der Waals surface area contributed by atoms with Gasteiger partial charge in [0.2, 0.25) is 0 Å². The van der Waals surface area contributed by atoms with Crippen molar-refractivity contribution in [2.75, 3.05) is 12.4 Å². The molecule has 4 nitrogen and oxygen atoms in total. The molecule has 33 heavy (non-hydrogen) atoms. The van der Waals surface area contributed by atoms with Gasteiger partial charge >= 0.3 is 0 Å². The van der Waals surface area contributed by atoms with Crippen molar-refractivity contribution in [2.24, 2.45) is 0 Å². The van der Waals surface area contributed by atoms with Gasteiger partial charge in [-0.3, -0.25) is 4.79 Å². The van der Waals surface area contributed by atoms with Crippen LogP contribution in [0.25, 0.3) is 6.08 Å². The van der Waals surface area contributed by atoms with Crippen LogP contribution in [0, 0.1) is 0 Å². The summed E-state index contributed by atoms with van der Waals surface area (Å²) in [7, 11) is 1.85. The third kappa shape index (κ3) is 7.24. The predicted octanol–water partition coefficient (Wildman–Crippen LogP) is 7.44. The number of benzene rings is 2. The number of allylic oxidation sites excluding steroid dienone is 2. The van der Waals surface area contributed by atoms with E-state index in [-0.39, 0.29) is 11.2 Å². The van der Waals surface area contributed by atoms with Crippen LogP contribution in [0.5, 0.6) is 11.5 Å². The van der Waals surface area contributed by atoms with Crippen molar-refractivity contribution in [3.63, 3.8) is 0 Å². The molecular weight excluding hydrogens is 410 g/mol. The van der Waals surface area contributed by atoms with Gasteiger partial charge in [0.25, 0.3) is 0 Å². The van der Waals surface area contributed by atoms with Crippen molar-refractivity contribution < 1.29 is 14.3 Å². The van der Waals surface area contributed by atoms with Crippen LogP contribution >= 0.6 is 0 Å².